The number of phosphoric acid groups is 1. The van der Waals surface area contributed by atoms with Crippen LogP contribution in [0.5, 0.6) is 0 Å². The minimum absolute atomic E-state index is 0.0323. The number of nitrogens with two attached hydrogens (primary N) is 1. The smallest absolute Gasteiger partial charge is 0.388 e. The molecule has 0 aliphatic carbocycles. The van der Waals surface area contributed by atoms with Gasteiger partial charge in [-0.2, -0.15) is 4.98 Å². The summed E-state index contributed by atoms with van der Waals surface area (Å²) in [5, 5.41) is 10.1. The van der Waals surface area contributed by atoms with Crippen molar-refractivity contribution in [2.24, 2.45) is 0 Å². The number of hydrogen-bond donors (Lipinski definition) is 5. The number of aliphatic hydroxyl groups excluding tert-OH is 1. The molecule has 1 aliphatic rings. The van der Waals surface area contributed by atoms with Crippen LogP contribution in [0.2, 0.25) is 0 Å². The highest BCUT2D eigenvalue weighted by molar-refractivity contribution is 7.46. The van der Waals surface area contributed by atoms with Crippen molar-refractivity contribution in [3.63, 3.8) is 0 Å². The van der Waals surface area contributed by atoms with Gasteiger partial charge in [0.05, 0.1) is 19.0 Å². The van der Waals surface area contributed by atoms with Crippen LogP contribution in [0.25, 0.3) is 11.2 Å². The summed E-state index contributed by atoms with van der Waals surface area (Å²) in [5.41, 5.74) is 5.13. The largest absolute Gasteiger partial charge is 0.469 e. The molecule has 3 rings (SSSR count). The second-order valence-corrected chi connectivity index (χ2v) is 6.25. The summed E-state index contributed by atoms with van der Waals surface area (Å²) in [6.45, 7) is -0.388. The quantitative estimate of drug-likeness (QED) is 0.406. The second-order valence-electron chi connectivity index (χ2n) is 5.01. The Morgan fingerprint density at radius 1 is 1.57 bits per heavy atom. The standard InChI is InChI=1S/C10H14N5O7P/c11-10-13-7-6(8(17)14-10)12-3-15(7)9-5(16)1-4(22-9)2-21-23(18,19)20/h3-5,9,16H,1-2H2,(H2,18,19,20)(H3,11,13,14,17)/t4?,5-,9?/m1/s1. The number of nitrogens with one attached hydrogen (secondary N) is 1. The molecule has 6 N–H and O–H groups in total. The number of fused-ring (bicyclic) bond motifs is 1. The van der Waals surface area contributed by atoms with Crippen LogP contribution < -0.4 is 11.3 Å². The molecule has 0 saturated carbocycles. The summed E-state index contributed by atoms with van der Waals surface area (Å²) in [5.74, 6) is -0.113. The van der Waals surface area contributed by atoms with Gasteiger partial charge < -0.3 is 25.4 Å². The highest BCUT2D eigenvalue weighted by Crippen LogP contribution is 2.38. The predicted octanol–water partition coefficient (Wildman–Crippen LogP) is -1.54. The first-order chi connectivity index (χ1) is 10.7. The number of aromatic amines is 1. The van der Waals surface area contributed by atoms with Gasteiger partial charge in [0.1, 0.15) is 6.10 Å². The average Bonchev–Trinajstić information content (AvgIpc) is 2.99. The lowest BCUT2D eigenvalue weighted by Crippen LogP contribution is -2.20. The van der Waals surface area contributed by atoms with Crippen molar-refractivity contribution in [3.05, 3.63) is 16.7 Å². The molecule has 13 heteroatoms. The number of nitrogens with zero attached hydrogens (tertiary/aromatic N) is 3. The summed E-state index contributed by atoms with van der Waals surface area (Å²) in [7, 11) is -4.63. The van der Waals surface area contributed by atoms with E-state index in [0.29, 0.717) is 0 Å². The lowest BCUT2D eigenvalue weighted by atomic mass is 10.2. The van der Waals surface area contributed by atoms with Gasteiger partial charge in [0, 0.05) is 6.42 Å². The first kappa shape index (κ1) is 16.1. The van der Waals surface area contributed by atoms with Gasteiger partial charge in [-0.3, -0.25) is 18.9 Å². The maximum absolute atomic E-state index is 11.7. The zero-order valence-electron chi connectivity index (χ0n) is 11.6. The van der Waals surface area contributed by atoms with E-state index in [4.69, 9.17) is 20.3 Å². The lowest BCUT2D eigenvalue weighted by molar-refractivity contribution is -0.0481. The Bertz CT molecular complexity index is 829. The minimum atomic E-state index is -4.63. The average molecular weight is 347 g/mol. The SMILES string of the molecule is Nc1nc2c(ncn2C2OC(COP(=O)(O)O)C[C@H]2O)c(=O)[nH]1. The summed E-state index contributed by atoms with van der Waals surface area (Å²) < 4.78 is 21.9. The number of rotatable bonds is 4. The number of imidazole rings is 1. The van der Waals surface area contributed by atoms with Crippen LogP contribution in [0.4, 0.5) is 5.95 Å². The van der Waals surface area contributed by atoms with Crippen LogP contribution in [-0.2, 0) is 13.8 Å². The normalized spacial score (nSPS) is 25.3. The summed E-state index contributed by atoms with van der Waals surface area (Å²) in [6, 6.07) is 0. The zero-order chi connectivity index (χ0) is 16.8. The van der Waals surface area contributed by atoms with Gasteiger partial charge in [0.15, 0.2) is 17.4 Å². The van der Waals surface area contributed by atoms with Crippen LogP contribution in [0.1, 0.15) is 12.6 Å². The molecule has 0 aromatic carbocycles. The first-order valence-corrected chi connectivity index (χ1v) is 8.03. The van der Waals surface area contributed by atoms with Crippen LogP contribution in [0, 0.1) is 0 Å². The number of hydrogen-bond acceptors (Lipinski definition) is 8. The molecule has 23 heavy (non-hydrogen) atoms. The number of anilines is 1. The Morgan fingerprint density at radius 2 is 2.30 bits per heavy atom. The molecular weight excluding hydrogens is 333 g/mol. The molecule has 1 saturated heterocycles. The van der Waals surface area contributed by atoms with Gasteiger partial charge in [-0.1, -0.05) is 0 Å². The lowest BCUT2D eigenvalue weighted by Gasteiger charge is -2.17. The molecule has 0 radical (unpaired) electrons. The van der Waals surface area contributed by atoms with Gasteiger partial charge >= 0.3 is 7.82 Å². The van der Waals surface area contributed by atoms with Crippen LogP contribution in [0.3, 0.4) is 0 Å². The molecule has 3 atom stereocenters. The maximum Gasteiger partial charge on any atom is 0.469 e. The van der Waals surface area contributed by atoms with E-state index in [0.717, 1.165) is 0 Å². The monoisotopic (exact) mass is 347 g/mol. The van der Waals surface area contributed by atoms with E-state index in [1.54, 1.807) is 0 Å². The Labute approximate surface area is 128 Å². The molecule has 2 unspecified atom stereocenters. The number of aromatic nitrogens is 4. The fraction of sp³-hybridized carbons (Fsp3) is 0.500. The van der Waals surface area contributed by atoms with E-state index < -0.39 is 31.8 Å². The third-order valence-corrected chi connectivity index (χ3v) is 3.80. The summed E-state index contributed by atoms with van der Waals surface area (Å²) in [6.07, 6.45) is -1.31. The molecule has 2 aromatic rings. The number of ether oxygens (including phenoxy) is 1. The highest BCUT2D eigenvalue weighted by Gasteiger charge is 2.37. The van der Waals surface area contributed by atoms with Crippen LogP contribution in [0.15, 0.2) is 11.1 Å². The highest BCUT2D eigenvalue weighted by atomic mass is 31.2. The zero-order valence-corrected chi connectivity index (χ0v) is 12.5. The van der Waals surface area contributed by atoms with Crippen molar-refractivity contribution in [1.82, 2.24) is 19.5 Å². The van der Waals surface area contributed by atoms with Crippen molar-refractivity contribution >= 4 is 24.9 Å². The van der Waals surface area contributed by atoms with Crippen molar-refractivity contribution in [1.29, 1.82) is 0 Å². The van der Waals surface area contributed by atoms with Crippen molar-refractivity contribution in [2.75, 3.05) is 12.3 Å². The third kappa shape index (κ3) is 3.27. The second kappa shape index (κ2) is 5.67. The van der Waals surface area contributed by atoms with Gasteiger partial charge in [-0.25, -0.2) is 9.55 Å². The Kier molecular flexibility index (Phi) is 3.96. The predicted molar refractivity (Wildman–Crippen MR) is 75.1 cm³/mol. The van der Waals surface area contributed by atoms with Gasteiger partial charge in [-0.05, 0) is 0 Å². The van der Waals surface area contributed by atoms with Crippen molar-refractivity contribution in [2.45, 2.75) is 24.9 Å². The molecule has 12 nitrogen and oxygen atoms in total. The van der Waals surface area contributed by atoms with E-state index in [1.807, 2.05) is 0 Å². The molecule has 0 amide bonds. The fourth-order valence-electron chi connectivity index (χ4n) is 2.40. The molecule has 1 fully saturated rings. The van der Waals surface area contributed by atoms with Crippen LogP contribution >= 0.6 is 7.82 Å². The number of aliphatic hydroxyl groups is 1. The topological polar surface area (TPSA) is 186 Å². The molecule has 2 aromatic heterocycles. The van der Waals surface area contributed by atoms with E-state index in [9.17, 15) is 14.5 Å². The Balaban J connectivity index is 1.85. The van der Waals surface area contributed by atoms with Gasteiger partial charge in [0.2, 0.25) is 5.95 Å². The summed E-state index contributed by atoms with van der Waals surface area (Å²) >= 11 is 0. The molecular formula is C10H14N5O7P. The van der Waals surface area contributed by atoms with E-state index >= 15 is 0 Å². The number of nitrogen functional groups attached to an aromatic ring is 1. The molecule has 0 bridgehead atoms. The summed E-state index contributed by atoms with van der Waals surface area (Å²) in [4.78, 5) is 39.3. The Morgan fingerprint density at radius 3 is 3.00 bits per heavy atom. The van der Waals surface area contributed by atoms with E-state index in [-0.39, 0.29) is 30.1 Å². The molecule has 126 valence electrons. The number of H-pyrrole nitrogens is 1. The van der Waals surface area contributed by atoms with Gasteiger partial charge in [0.25, 0.3) is 5.56 Å². The van der Waals surface area contributed by atoms with Gasteiger partial charge in [-0.15, -0.1) is 0 Å². The van der Waals surface area contributed by atoms with E-state index in [1.165, 1.54) is 10.9 Å². The molecule has 3 heterocycles. The third-order valence-electron chi connectivity index (χ3n) is 3.32. The van der Waals surface area contributed by atoms with E-state index in [2.05, 4.69) is 19.5 Å². The van der Waals surface area contributed by atoms with Crippen LogP contribution in [-0.4, -0.2) is 53.2 Å². The fourth-order valence-corrected chi connectivity index (χ4v) is 2.76. The molecule has 1 aliphatic heterocycles. The minimum Gasteiger partial charge on any atom is -0.388 e. The number of phosphoric ester groups is 1. The maximum atomic E-state index is 11.7. The molecule has 0 spiro atoms. The van der Waals surface area contributed by atoms with Crippen molar-refractivity contribution < 1.29 is 28.7 Å². The van der Waals surface area contributed by atoms with Crippen molar-refractivity contribution in [3.8, 4) is 0 Å². The Hall–Kier alpha value is -1.82. The first-order valence-electron chi connectivity index (χ1n) is 6.50.